The summed E-state index contributed by atoms with van der Waals surface area (Å²) < 4.78 is 1.59. The molecule has 20 heavy (non-hydrogen) atoms. The van der Waals surface area contributed by atoms with E-state index in [4.69, 9.17) is 5.73 Å². The average Bonchev–Trinajstić information content (AvgIpc) is 2.84. The Kier molecular flexibility index (Phi) is 3.75. The molecular formula is C12H11N5O3. The van der Waals surface area contributed by atoms with E-state index in [1.54, 1.807) is 16.7 Å². The number of nitrogens with zero attached hydrogens (tertiary/aromatic N) is 3. The number of hydrogen-bond acceptors (Lipinski definition) is 4. The molecule has 0 saturated carbocycles. The van der Waals surface area contributed by atoms with Crippen LogP contribution in [-0.4, -0.2) is 21.7 Å². The summed E-state index contributed by atoms with van der Waals surface area (Å²) in [4.78, 5) is 20.9. The van der Waals surface area contributed by atoms with Crippen molar-refractivity contribution < 1.29 is 9.72 Å². The predicted molar refractivity (Wildman–Crippen MR) is 72.7 cm³/mol. The third-order valence-electron chi connectivity index (χ3n) is 2.45. The van der Waals surface area contributed by atoms with Gasteiger partial charge in [0.15, 0.2) is 0 Å². The lowest BCUT2D eigenvalue weighted by atomic mass is 10.3. The van der Waals surface area contributed by atoms with Crippen LogP contribution in [0.15, 0.2) is 47.7 Å². The molecule has 0 spiro atoms. The van der Waals surface area contributed by atoms with Gasteiger partial charge in [0.25, 0.3) is 5.69 Å². The van der Waals surface area contributed by atoms with Crippen molar-refractivity contribution in [2.75, 3.05) is 0 Å². The third kappa shape index (κ3) is 2.99. The molecule has 0 aliphatic rings. The molecule has 1 aromatic heterocycles. The van der Waals surface area contributed by atoms with Crippen LogP contribution >= 0.6 is 0 Å². The standard InChI is InChI=1S/C12H11N5O3/c13-12(18)15-14-7-10-6-11(17(19)20)8-16(10)9-4-2-1-3-5-9/h1-8H,(H3,13,15,18)/b14-7-. The van der Waals surface area contributed by atoms with Gasteiger partial charge in [-0.1, -0.05) is 18.2 Å². The van der Waals surface area contributed by atoms with Gasteiger partial charge >= 0.3 is 6.03 Å². The summed E-state index contributed by atoms with van der Waals surface area (Å²) >= 11 is 0. The number of nitrogens with one attached hydrogen (secondary N) is 1. The Morgan fingerprint density at radius 2 is 2.10 bits per heavy atom. The molecule has 8 heteroatoms. The second-order valence-electron chi connectivity index (χ2n) is 3.82. The highest BCUT2D eigenvalue weighted by Gasteiger charge is 2.13. The summed E-state index contributed by atoms with van der Waals surface area (Å²) in [5.74, 6) is 0. The summed E-state index contributed by atoms with van der Waals surface area (Å²) in [6, 6.07) is 9.58. The first-order chi connectivity index (χ1) is 9.58. The number of nitro groups is 1. The summed E-state index contributed by atoms with van der Waals surface area (Å²) in [6.45, 7) is 0. The second kappa shape index (κ2) is 5.65. The van der Waals surface area contributed by atoms with Crippen molar-refractivity contribution >= 4 is 17.9 Å². The highest BCUT2D eigenvalue weighted by molar-refractivity contribution is 5.82. The molecule has 0 radical (unpaired) electrons. The molecule has 8 nitrogen and oxygen atoms in total. The van der Waals surface area contributed by atoms with E-state index in [9.17, 15) is 14.9 Å². The minimum absolute atomic E-state index is 0.0746. The lowest BCUT2D eigenvalue weighted by Gasteiger charge is -2.04. The molecule has 2 aromatic rings. The fourth-order valence-electron chi connectivity index (χ4n) is 1.64. The van der Waals surface area contributed by atoms with Gasteiger partial charge in [0.1, 0.15) is 0 Å². The van der Waals surface area contributed by atoms with Gasteiger partial charge in [-0.2, -0.15) is 5.10 Å². The molecule has 1 aromatic carbocycles. The maximum absolute atomic E-state index is 10.8. The molecule has 0 unspecified atom stereocenters. The number of rotatable bonds is 4. The number of urea groups is 1. The van der Waals surface area contributed by atoms with Gasteiger partial charge < -0.3 is 10.3 Å². The second-order valence-corrected chi connectivity index (χ2v) is 3.82. The summed E-state index contributed by atoms with van der Waals surface area (Å²) in [5.41, 5.74) is 8.02. The highest BCUT2D eigenvalue weighted by atomic mass is 16.6. The van der Waals surface area contributed by atoms with Crippen molar-refractivity contribution in [1.82, 2.24) is 9.99 Å². The molecule has 3 N–H and O–H groups in total. The van der Waals surface area contributed by atoms with E-state index < -0.39 is 11.0 Å². The number of nitrogens with two attached hydrogens (primary N) is 1. The predicted octanol–water partition coefficient (Wildman–Crippen LogP) is 1.39. The Balaban J connectivity index is 2.41. The van der Waals surface area contributed by atoms with E-state index in [2.05, 4.69) is 5.10 Å². The highest BCUT2D eigenvalue weighted by Crippen LogP contribution is 2.19. The molecule has 0 aliphatic carbocycles. The van der Waals surface area contributed by atoms with Crippen LogP contribution in [0.4, 0.5) is 10.5 Å². The fourth-order valence-corrected chi connectivity index (χ4v) is 1.64. The van der Waals surface area contributed by atoms with Crippen LogP contribution in [0.2, 0.25) is 0 Å². The van der Waals surface area contributed by atoms with Crippen molar-refractivity contribution in [2.45, 2.75) is 0 Å². The van der Waals surface area contributed by atoms with Crippen LogP contribution in [-0.2, 0) is 0 Å². The quantitative estimate of drug-likeness (QED) is 0.498. The molecule has 0 fully saturated rings. The number of benzene rings is 1. The number of para-hydroxylation sites is 1. The Morgan fingerprint density at radius 1 is 1.40 bits per heavy atom. The average molecular weight is 273 g/mol. The Labute approximate surface area is 113 Å². The zero-order valence-electron chi connectivity index (χ0n) is 10.3. The van der Waals surface area contributed by atoms with Gasteiger partial charge in [0, 0.05) is 11.8 Å². The largest absolute Gasteiger partial charge is 0.350 e. The minimum atomic E-state index is -0.812. The first-order valence-corrected chi connectivity index (χ1v) is 5.58. The molecular weight excluding hydrogens is 262 g/mol. The number of carbonyl (C=O) groups excluding carboxylic acids is 1. The van der Waals surface area contributed by atoms with E-state index in [1.807, 2.05) is 23.6 Å². The van der Waals surface area contributed by atoms with Crippen molar-refractivity contribution in [3.63, 3.8) is 0 Å². The first kappa shape index (κ1) is 13.3. The van der Waals surface area contributed by atoms with E-state index in [-0.39, 0.29) is 5.69 Å². The summed E-state index contributed by atoms with van der Waals surface area (Å²) in [5, 5.41) is 14.4. The monoisotopic (exact) mass is 273 g/mol. The lowest BCUT2D eigenvalue weighted by Crippen LogP contribution is -2.24. The zero-order chi connectivity index (χ0) is 14.5. The number of carbonyl (C=O) groups is 1. The fraction of sp³-hybridized carbons (Fsp3) is 0. The summed E-state index contributed by atoms with van der Waals surface area (Å²) in [7, 11) is 0. The van der Waals surface area contributed by atoms with Crippen LogP contribution in [0.3, 0.4) is 0 Å². The van der Waals surface area contributed by atoms with Crippen LogP contribution in [0.25, 0.3) is 5.69 Å². The maximum Gasteiger partial charge on any atom is 0.332 e. The molecule has 0 bridgehead atoms. The van der Waals surface area contributed by atoms with Crippen LogP contribution < -0.4 is 11.2 Å². The van der Waals surface area contributed by atoms with Crippen molar-refractivity contribution in [1.29, 1.82) is 0 Å². The van der Waals surface area contributed by atoms with E-state index >= 15 is 0 Å². The number of hydrogen-bond donors (Lipinski definition) is 2. The smallest absolute Gasteiger partial charge is 0.332 e. The number of primary amides is 1. The van der Waals surface area contributed by atoms with E-state index in [1.165, 1.54) is 18.5 Å². The van der Waals surface area contributed by atoms with E-state index in [0.717, 1.165) is 5.69 Å². The maximum atomic E-state index is 10.8. The number of amides is 2. The lowest BCUT2D eigenvalue weighted by molar-refractivity contribution is -0.384. The van der Waals surface area contributed by atoms with Crippen LogP contribution in [0.1, 0.15) is 5.69 Å². The van der Waals surface area contributed by atoms with Crippen molar-refractivity contribution in [2.24, 2.45) is 10.8 Å². The first-order valence-electron chi connectivity index (χ1n) is 5.58. The van der Waals surface area contributed by atoms with Crippen molar-refractivity contribution in [3.8, 4) is 5.69 Å². The summed E-state index contributed by atoms with van der Waals surface area (Å²) in [6.07, 6.45) is 2.66. The van der Waals surface area contributed by atoms with E-state index in [0.29, 0.717) is 5.69 Å². The van der Waals surface area contributed by atoms with Gasteiger partial charge in [-0.05, 0) is 12.1 Å². The zero-order valence-corrected chi connectivity index (χ0v) is 10.3. The molecule has 0 saturated heterocycles. The SMILES string of the molecule is NC(=O)N/N=C\c1cc([N+](=O)[O-])cn1-c1ccccc1. The van der Waals surface area contributed by atoms with Gasteiger partial charge in [-0.3, -0.25) is 10.1 Å². The Hall–Kier alpha value is -3.16. The molecule has 0 atom stereocenters. The molecule has 1 heterocycles. The van der Waals surface area contributed by atoms with Gasteiger partial charge in [0.2, 0.25) is 0 Å². The minimum Gasteiger partial charge on any atom is -0.350 e. The Bertz CT molecular complexity index is 663. The van der Waals surface area contributed by atoms with Gasteiger partial charge in [-0.15, -0.1) is 0 Å². The molecule has 102 valence electrons. The number of hydrazone groups is 1. The normalized spacial score (nSPS) is 10.6. The molecule has 2 amide bonds. The number of aromatic nitrogens is 1. The van der Waals surface area contributed by atoms with Crippen LogP contribution in [0, 0.1) is 10.1 Å². The molecule has 2 rings (SSSR count). The third-order valence-corrected chi connectivity index (χ3v) is 2.45. The topological polar surface area (TPSA) is 116 Å². The van der Waals surface area contributed by atoms with Crippen molar-refractivity contribution in [3.05, 3.63) is 58.4 Å². The van der Waals surface area contributed by atoms with Gasteiger partial charge in [0.05, 0.1) is 23.0 Å². The van der Waals surface area contributed by atoms with Gasteiger partial charge in [-0.25, -0.2) is 10.2 Å². The molecule has 0 aliphatic heterocycles. The van der Waals surface area contributed by atoms with Crippen LogP contribution in [0.5, 0.6) is 0 Å². The Morgan fingerprint density at radius 3 is 2.70 bits per heavy atom.